The molecule has 0 saturated carbocycles. The van der Waals surface area contributed by atoms with E-state index < -0.39 is 0 Å². The lowest BCUT2D eigenvalue weighted by Gasteiger charge is -1.92. The van der Waals surface area contributed by atoms with Gasteiger partial charge in [0.2, 0.25) is 0 Å². The molecule has 2 rings (SSSR count). The van der Waals surface area contributed by atoms with Crippen LogP contribution in [0.15, 0.2) is 35.7 Å². The van der Waals surface area contributed by atoms with Gasteiger partial charge in [0.1, 0.15) is 11.1 Å². The molecule has 0 spiro atoms. The molecule has 0 aliphatic heterocycles. The predicted molar refractivity (Wildman–Crippen MR) is 52.3 cm³/mol. The van der Waals surface area contributed by atoms with Gasteiger partial charge in [-0.05, 0) is 0 Å². The first-order valence-electron chi connectivity index (χ1n) is 3.81. The average molecular weight is 186 g/mol. The van der Waals surface area contributed by atoms with Crippen LogP contribution in [0.3, 0.4) is 0 Å². The van der Waals surface area contributed by atoms with Crippen molar-refractivity contribution < 1.29 is 0 Å². The van der Waals surface area contributed by atoms with E-state index in [4.69, 9.17) is 5.26 Å². The van der Waals surface area contributed by atoms with E-state index in [0.717, 1.165) is 10.6 Å². The van der Waals surface area contributed by atoms with Crippen LogP contribution >= 0.6 is 11.3 Å². The number of hydrogen-bond acceptors (Lipinski definition) is 3. The number of hydrogen-bond donors (Lipinski definition) is 0. The van der Waals surface area contributed by atoms with Gasteiger partial charge in [0.05, 0.1) is 0 Å². The zero-order valence-corrected chi connectivity index (χ0v) is 7.58. The molecule has 3 heteroatoms. The van der Waals surface area contributed by atoms with Gasteiger partial charge >= 0.3 is 0 Å². The molecule has 0 aliphatic carbocycles. The zero-order valence-electron chi connectivity index (χ0n) is 6.77. The summed E-state index contributed by atoms with van der Waals surface area (Å²) in [4.78, 5) is 4.16. The molecule has 0 unspecified atom stereocenters. The van der Waals surface area contributed by atoms with Crippen LogP contribution in [0.4, 0.5) is 0 Å². The number of benzene rings is 1. The van der Waals surface area contributed by atoms with Crippen LogP contribution in [-0.4, -0.2) is 4.98 Å². The van der Waals surface area contributed by atoms with Crippen LogP contribution in [-0.2, 0) is 0 Å². The molecule has 1 heterocycles. The Balaban J connectivity index is 2.43. The highest BCUT2D eigenvalue weighted by Gasteiger charge is 2.02. The van der Waals surface area contributed by atoms with Crippen molar-refractivity contribution in [1.29, 1.82) is 5.26 Å². The van der Waals surface area contributed by atoms with E-state index in [0.29, 0.717) is 5.69 Å². The first-order chi connectivity index (χ1) is 6.40. The van der Waals surface area contributed by atoms with Crippen molar-refractivity contribution in [2.75, 3.05) is 0 Å². The Kier molecular flexibility index (Phi) is 2.07. The van der Waals surface area contributed by atoms with E-state index in [2.05, 4.69) is 4.98 Å². The summed E-state index contributed by atoms with van der Waals surface area (Å²) >= 11 is 1.49. The topological polar surface area (TPSA) is 36.7 Å². The number of aromatic nitrogens is 1. The van der Waals surface area contributed by atoms with Gasteiger partial charge in [-0.3, -0.25) is 0 Å². The number of nitriles is 1. The summed E-state index contributed by atoms with van der Waals surface area (Å²) in [6.45, 7) is 0. The Labute approximate surface area is 80.1 Å². The van der Waals surface area contributed by atoms with Gasteiger partial charge in [-0.1, -0.05) is 30.3 Å². The van der Waals surface area contributed by atoms with Gasteiger partial charge in [0.25, 0.3) is 0 Å². The minimum Gasteiger partial charge on any atom is -0.225 e. The molecule has 1 aromatic carbocycles. The fraction of sp³-hybridized carbons (Fsp3) is 0. The monoisotopic (exact) mass is 186 g/mol. The minimum atomic E-state index is 0.490. The molecule has 0 N–H and O–H groups in total. The van der Waals surface area contributed by atoms with Crippen molar-refractivity contribution in [2.45, 2.75) is 0 Å². The third kappa shape index (κ3) is 1.58. The molecule has 0 bridgehead atoms. The zero-order chi connectivity index (χ0) is 9.10. The molecule has 2 aromatic rings. The van der Waals surface area contributed by atoms with E-state index >= 15 is 0 Å². The molecule has 62 valence electrons. The standard InChI is InChI=1S/C10H6N2S/c11-6-9-7-13-10(12-9)8-4-2-1-3-5-8/h1-5,7H. The average Bonchev–Trinajstić information content (AvgIpc) is 2.67. The van der Waals surface area contributed by atoms with Gasteiger partial charge < -0.3 is 0 Å². The van der Waals surface area contributed by atoms with Crippen LogP contribution in [0.5, 0.6) is 0 Å². The van der Waals surface area contributed by atoms with Crippen molar-refractivity contribution in [3.63, 3.8) is 0 Å². The first-order valence-corrected chi connectivity index (χ1v) is 4.69. The Morgan fingerprint density at radius 2 is 2.00 bits per heavy atom. The molecule has 0 aliphatic rings. The van der Waals surface area contributed by atoms with Gasteiger partial charge in [-0.25, -0.2) is 4.98 Å². The van der Waals surface area contributed by atoms with Crippen molar-refractivity contribution >= 4 is 11.3 Å². The normalized spacial score (nSPS) is 9.46. The maximum absolute atomic E-state index is 8.59. The highest BCUT2D eigenvalue weighted by Crippen LogP contribution is 2.22. The highest BCUT2D eigenvalue weighted by molar-refractivity contribution is 7.13. The van der Waals surface area contributed by atoms with Crippen LogP contribution in [0.2, 0.25) is 0 Å². The molecular formula is C10H6N2S. The lowest BCUT2D eigenvalue weighted by Crippen LogP contribution is -1.75. The second-order valence-electron chi connectivity index (χ2n) is 2.52. The summed E-state index contributed by atoms with van der Waals surface area (Å²) in [5, 5.41) is 11.3. The van der Waals surface area contributed by atoms with E-state index in [1.165, 1.54) is 11.3 Å². The molecule has 0 saturated heterocycles. The van der Waals surface area contributed by atoms with Crippen molar-refractivity contribution in [3.8, 4) is 16.6 Å². The van der Waals surface area contributed by atoms with Crippen LogP contribution in [0.25, 0.3) is 10.6 Å². The third-order valence-electron chi connectivity index (χ3n) is 1.64. The Hall–Kier alpha value is -1.66. The summed E-state index contributed by atoms with van der Waals surface area (Å²) in [6.07, 6.45) is 0. The summed E-state index contributed by atoms with van der Waals surface area (Å²) in [5.74, 6) is 0. The Morgan fingerprint density at radius 3 is 2.62 bits per heavy atom. The van der Waals surface area contributed by atoms with Crippen LogP contribution < -0.4 is 0 Å². The molecule has 13 heavy (non-hydrogen) atoms. The molecule has 0 radical (unpaired) electrons. The number of thiazole rings is 1. The number of rotatable bonds is 1. The second-order valence-corrected chi connectivity index (χ2v) is 3.37. The molecule has 0 fully saturated rings. The fourth-order valence-electron chi connectivity index (χ4n) is 1.04. The summed E-state index contributed by atoms with van der Waals surface area (Å²) in [6, 6.07) is 11.9. The second kappa shape index (κ2) is 3.38. The largest absolute Gasteiger partial charge is 0.225 e. The van der Waals surface area contributed by atoms with Crippen LogP contribution in [0.1, 0.15) is 5.69 Å². The van der Waals surface area contributed by atoms with Crippen molar-refractivity contribution in [2.24, 2.45) is 0 Å². The van der Waals surface area contributed by atoms with E-state index in [-0.39, 0.29) is 0 Å². The Bertz CT molecular complexity index is 439. The Morgan fingerprint density at radius 1 is 1.23 bits per heavy atom. The van der Waals surface area contributed by atoms with Gasteiger partial charge in [-0.2, -0.15) is 5.26 Å². The van der Waals surface area contributed by atoms with E-state index in [1.807, 2.05) is 36.4 Å². The van der Waals surface area contributed by atoms with Gasteiger partial charge in [0, 0.05) is 10.9 Å². The first kappa shape index (κ1) is 7.96. The van der Waals surface area contributed by atoms with E-state index in [1.54, 1.807) is 5.38 Å². The maximum atomic E-state index is 8.59. The van der Waals surface area contributed by atoms with Crippen molar-refractivity contribution in [1.82, 2.24) is 4.98 Å². The fourth-order valence-corrected chi connectivity index (χ4v) is 1.79. The highest BCUT2D eigenvalue weighted by atomic mass is 32.1. The lowest BCUT2D eigenvalue weighted by atomic mass is 10.2. The lowest BCUT2D eigenvalue weighted by molar-refractivity contribution is 1.33. The quantitative estimate of drug-likeness (QED) is 0.686. The number of nitrogens with zero attached hydrogens (tertiary/aromatic N) is 2. The predicted octanol–water partition coefficient (Wildman–Crippen LogP) is 2.68. The van der Waals surface area contributed by atoms with E-state index in [9.17, 15) is 0 Å². The molecular weight excluding hydrogens is 180 g/mol. The third-order valence-corrected chi connectivity index (χ3v) is 2.53. The molecule has 1 aromatic heterocycles. The summed E-state index contributed by atoms with van der Waals surface area (Å²) in [5.41, 5.74) is 1.55. The smallest absolute Gasteiger partial charge is 0.152 e. The van der Waals surface area contributed by atoms with Crippen LogP contribution in [0, 0.1) is 11.3 Å². The van der Waals surface area contributed by atoms with Gasteiger partial charge in [-0.15, -0.1) is 11.3 Å². The maximum Gasteiger partial charge on any atom is 0.152 e. The SMILES string of the molecule is N#Cc1csc(-c2ccccc2)n1. The van der Waals surface area contributed by atoms with Crippen molar-refractivity contribution in [3.05, 3.63) is 41.4 Å². The minimum absolute atomic E-state index is 0.490. The molecule has 2 nitrogen and oxygen atoms in total. The molecule has 0 atom stereocenters. The summed E-state index contributed by atoms with van der Waals surface area (Å²) < 4.78 is 0. The molecule has 0 amide bonds. The van der Waals surface area contributed by atoms with Gasteiger partial charge in [0.15, 0.2) is 5.69 Å². The summed E-state index contributed by atoms with van der Waals surface area (Å²) in [7, 11) is 0.